The van der Waals surface area contributed by atoms with Crippen molar-refractivity contribution in [2.45, 2.75) is 45.7 Å². The summed E-state index contributed by atoms with van der Waals surface area (Å²) < 4.78 is 0. The molecule has 1 aliphatic rings. The molecular formula is C16H25ClN2. The van der Waals surface area contributed by atoms with Gasteiger partial charge in [0.05, 0.1) is 0 Å². The van der Waals surface area contributed by atoms with Gasteiger partial charge < -0.3 is 5.73 Å². The Morgan fingerprint density at radius 3 is 2.79 bits per heavy atom. The standard InChI is InChI=1S/C16H25ClN2/c1-3-19(16-6-4-5-13(16)10-18)11-14-8-7-12(2)9-15(14)17/h7-9,13,16H,3-6,10-11,18H2,1-2H3. The fourth-order valence-corrected chi connectivity index (χ4v) is 3.53. The quantitative estimate of drug-likeness (QED) is 0.893. The lowest BCUT2D eigenvalue weighted by molar-refractivity contribution is 0.162. The smallest absolute Gasteiger partial charge is 0.0453 e. The minimum absolute atomic E-state index is 0.632. The SMILES string of the molecule is CCN(Cc1ccc(C)cc1Cl)C1CCCC1CN. The third-order valence-electron chi connectivity index (χ3n) is 4.38. The van der Waals surface area contributed by atoms with Crippen molar-refractivity contribution in [2.24, 2.45) is 11.7 Å². The van der Waals surface area contributed by atoms with E-state index in [1.54, 1.807) is 0 Å². The van der Waals surface area contributed by atoms with Gasteiger partial charge in [-0.1, -0.05) is 37.1 Å². The number of halogens is 1. The Kier molecular flexibility index (Phi) is 5.26. The molecule has 19 heavy (non-hydrogen) atoms. The van der Waals surface area contributed by atoms with Crippen molar-refractivity contribution in [3.63, 3.8) is 0 Å². The summed E-state index contributed by atoms with van der Waals surface area (Å²) in [6.07, 6.45) is 3.86. The van der Waals surface area contributed by atoms with E-state index in [2.05, 4.69) is 36.9 Å². The molecule has 2 nitrogen and oxygen atoms in total. The summed E-state index contributed by atoms with van der Waals surface area (Å²) in [6, 6.07) is 6.99. The molecule has 1 fully saturated rings. The zero-order valence-electron chi connectivity index (χ0n) is 12.0. The molecule has 0 heterocycles. The molecule has 1 aliphatic carbocycles. The van der Waals surface area contributed by atoms with Crippen molar-refractivity contribution in [1.82, 2.24) is 4.90 Å². The normalized spacial score (nSPS) is 23.2. The highest BCUT2D eigenvalue weighted by Crippen LogP contribution is 2.31. The van der Waals surface area contributed by atoms with Crippen molar-refractivity contribution in [3.05, 3.63) is 34.3 Å². The predicted molar refractivity (Wildman–Crippen MR) is 82.5 cm³/mol. The number of nitrogens with two attached hydrogens (primary N) is 1. The van der Waals surface area contributed by atoms with Crippen LogP contribution < -0.4 is 5.73 Å². The molecule has 1 aromatic rings. The van der Waals surface area contributed by atoms with E-state index in [1.165, 1.54) is 30.4 Å². The van der Waals surface area contributed by atoms with Crippen LogP contribution in [0.2, 0.25) is 5.02 Å². The van der Waals surface area contributed by atoms with Crippen LogP contribution >= 0.6 is 11.6 Å². The number of aryl methyl sites for hydroxylation is 1. The molecule has 2 rings (SSSR count). The van der Waals surface area contributed by atoms with Crippen LogP contribution in [0.1, 0.15) is 37.3 Å². The van der Waals surface area contributed by atoms with Gasteiger partial charge in [-0.05, 0) is 56.0 Å². The van der Waals surface area contributed by atoms with Gasteiger partial charge in [-0.2, -0.15) is 0 Å². The number of nitrogens with zero attached hydrogens (tertiary/aromatic N) is 1. The van der Waals surface area contributed by atoms with Crippen molar-refractivity contribution in [1.29, 1.82) is 0 Å². The van der Waals surface area contributed by atoms with E-state index in [1.807, 2.05) is 0 Å². The Balaban J connectivity index is 2.10. The van der Waals surface area contributed by atoms with E-state index in [0.29, 0.717) is 12.0 Å². The maximum absolute atomic E-state index is 6.36. The second-order valence-electron chi connectivity index (χ2n) is 5.65. The highest BCUT2D eigenvalue weighted by molar-refractivity contribution is 6.31. The first-order chi connectivity index (χ1) is 9.15. The molecule has 0 aliphatic heterocycles. The average Bonchev–Trinajstić information content (AvgIpc) is 2.86. The molecule has 1 saturated carbocycles. The average molecular weight is 281 g/mol. The van der Waals surface area contributed by atoms with Gasteiger partial charge in [0.1, 0.15) is 0 Å². The van der Waals surface area contributed by atoms with Gasteiger partial charge in [0.15, 0.2) is 0 Å². The maximum Gasteiger partial charge on any atom is 0.0453 e. The van der Waals surface area contributed by atoms with Crippen LogP contribution in [-0.2, 0) is 6.54 Å². The van der Waals surface area contributed by atoms with Gasteiger partial charge in [-0.3, -0.25) is 4.90 Å². The second-order valence-corrected chi connectivity index (χ2v) is 6.06. The Labute approximate surface area is 121 Å². The van der Waals surface area contributed by atoms with Gasteiger partial charge in [0.2, 0.25) is 0 Å². The summed E-state index contributed by atoms with van der Waals surface area (Å²) in [4.78, 5) is 2.54. The molecule has 0 bridgehead atoms. The van der Waals surface area contributed by atoms with Gasteiger partial charge in [0.25, 0.3) is 0 Å². The first kappa shape index (κ1) is 14.8. The van der Waals surface area contributed by atoms with Crippen molar-refractivity contribution >= 4 is 11.6 Å². The Morgan fingerprint density at radius 2 is 2.16 bits per heavy atom. The van der Waals surface area contributed by atoms with E-state index >= 15 is 0 Å². The topological polar surface area (TPSA) is 29.3 Å². The van der Waals surface area contributed by atoms with Crippen LogP contribution in [0.25, 0.3) is 0 Å². The number of hydrogen-bond acceptors (Lipinski definition) is 2. The molecule has 2 atom stereocenters. The molecule has 2 N–H and O–H groups in total. The summed E-state index contributed by atoms with van der Waals surface area (Å²) in [5, 5.41) is 0.890. The third-order valence-corrected chi connectivity index (χ3v) is 4.73. The van der Waals surface area contributed by atoms with Crippen LogP contribution in [-0.4, -0.2) is 24.0 Å². The Hall–Kier alpha value is -0.570. The van der Waals surface area contributed by atoms with Crippen LogP contribution in [0.5, 0.6) is 0 Å². The minimum atomic E-state index is 0.632. The molecule has 0 saturated heterocycles. The molecular weight excluding hydrogens is 256 g/mol. The zero-order valence-corrected chi connectivity index (χ0v) is 12.8. The summed E-state index contributed by atoms with van der Waals surface area (Å²) in [7, 11) is 0. The molecule has 2 unspecified atom stereocenters. The summed E-state index contributed by atoms with van der Waals surface area (Å²) in [5.74, 6) is 0.657. The van der Waals surface area contributed by atoms with Gasteiger partial charge in [-0.25, -0.2) is 0 Å². The first-order valence-corrected chi connectivity index (χ1v) is 7.72. The largest absolute Gasteiger partial charge is 0.330 e. The fourth-order valence-electron chi connectivity index (χ4n) is 3.24. The second kappa shape index (κ2) is 6.74. The lowest BCUT2D eigenvalue weighted by Crippen LogP contribution is -2.39. The summed E-state index contributed by atoms with van der Waals surface area (Å²) >= 11 is 6.36. The number of benzene rings is 1. The highest BCUT2D eigenvalue weighted by atomic mass is 35.5. The van der Waals surface area contributed by atoms with Gasteiger partial charge >= 0.3 is 0 Å². The minimum Gasteiger partial charge on any atom is -0.330 e. The predicted octanol–water partition coefficient (Wildman–Crippen LogP) is 3.60. The van der Waals surface area contributed by atoms with E-state index in [-0.39, 0.29) is 0 Å². The molecule has 0 amide bonds. The third kappa shape index (κ3) is 3.50. The summed E-state index contributed by atoms with van der Waals surface area (Å²) in [6.45, 7) is 7.12. The molecule has 1 aromatic carbocycles. The van der Waals surface area contributed by atoms with Crippen molar-refractivity contribution in [2.75, 3.05) is 13.1 Å². The van der Waals surface area contributed by atoms with Crippen molar-refractivity contribution < 1.29 is 0 Å². The zero-order chi connectivity index (χ0) is 13.8. The van der Waals surface area contributed by atoms with Gasteiger partial charge in [-0.15, -0.1) is 0 Å². The highest BCUT2D eigenvalue weighted by Gasteiger charge is 2.30. The van der Waals surface area contributed by atoms with E-state index in [4.69, 9.17) is 17.3 Å². The van der Waals surface area contributed by atoms with Crippen LogP contribution in [0.3, 0.4) is 0 Å². The molecule has 3 heteroatoms. The maximum atomic E-state index is 6.36. The van der Waals surface area contributed by atoms with E-state index in [0.717, 1.165) is 24.7 Å². The molecule has 106 valence electrons. The lowest BCUT2D eigenvalue weighted by Gasteiger charge is -2.32. The molecule has 0 radical (unpaired) electrons. The van der Waals surface area contributed by atoms with Crippen molar-refractivity contribution in [3.8, 4) is 0 Å². The first-order valence-electron chi connectivity index (χ1n) is 7.34. The Bertz CT molecular complexity index is 419. The molecule has 0 aromatic heterocycles. The van der Waals surface area contributed by atoms with Crippen LogP contribution in [0, 0.1) is 12.8 Å². The van der Waals surface area contributed by atoms with Gasteiger partial charge in [0, 0.05) is 17.6 Å². The lowest BCUT2D eigenvalue weighted by atomic mass is 10.0. The fraction of sp³-hybridized carbons (Fsp3) is 0.625. The van der Waals surface area contributed by atoms with E-state index in [9.17, 15) is 0 Å². The van der Waals surface area contributed by atoms with E-state index < -0.39 is 0 Å². The Morgan fingerprint density at radius 1 is 1.37 bits per heavy atom. The monoisotopic (exact) mass is 280 g/mol. The summed E-state index contributed by atoms with van der Waals surface area (Å²) in [5.41, 5.74) is 8.36. The number of rotatable bonds is 5. The number of hydrogen-bond donors (Lipinski definition) is 1. The van der Waals surface area contributed by atoms with Crippen LogP contribution in [0.15, 0.2) is 18.2 Å². The molecule has 0 spiro atoms. The van der Waals surface area contributed by atoms with Crippen LogP contribution in [0.4, 0.5) is 0 Å².